The monoisotopic (exact) mass is 267 g/mol. The summed E-state index contributed by atoms with van der Waals surface area (Å²) < 4.78 is 11.5. The predicted molar refractivity (Wildman–Crippen MR) is 78.8 cm³/mol. The van der Waals surface area contributed by atoms with E-state index in [0.717, 1.165) is 37.7 Å². The minimum Gasteiger partial charge on any atom is -0.490 e. The molecule has 0 saturated heterocycles. The van der Waals surface area contributed by atoms with E-state index in [0.29, 0.717) is 5.92 Å². The zero-order chi connectivity index (χ0) is 13.4. The van der Waals surface area contributed by atoms with E-state index >= 15 is 0 Å². The number of para-hydroxylation sites is 1. The first-order valence-corrected chi connectivity index (χ1v) is 7.14. The van der Waals surface area contributed by atoms with Crippen molar-refractivity contribution < 1.29 is 9.47 Å². The fraction of sp³-hybridized carbons (Fsp3) is 0.294. The SMILES string of the molecule is c1ccc2c(c1)NCC2c1ccc2c(c1)OCCCO2. The second kappa shape index (κ2) is 4.75. The van der Waals surface area contributed by atoms with Crippen molar-refractivity contribution in [2.45, 2.75) is 12.3 Å². The first kappa shape index (κ1) is 11.6. The number of benzene rings is 2. The van der Waals surface area contributed by atoms with E-state index < -0.39 is 0 Å². The zero-order valence-electron chi connectivity index (χ0n) is 11.3. The van der Waals surface area contributed by atoms with Crippen LogP contribution < -0.4 is 14.8 Å². The molecule has 0 amide bonds. The van der Waals surface area contributed by atoms with Gasteiger partial charge in [-0.25, -0.2) is 0 Å². The third kappa shape index (κ3) is 1.90. The standard InChI is InChI=1S/C17H17NO2/c1-2-5-15-13(4-1)14(11-18-15)12-6-7-16-17(10-12)20-9-3-8-19-16/h1-2,4-7,10,14,18H,3,8-9,11H2. The van der Waals surface area contributed by atoms with E-state index in [1.807, 2.05) is 6.07 Å². The molecule has 2 heterocycles. The van der Waals surface area contributed by atoms with Crippen LogP contribution in [0.1, 0.15) is 23.5 Å². The molecule has 1 atom stereocenters. The lowest BCUT2D eigenvalue weighted by atomic mass is 9.93. The molecule has 102 valence electrons. The Hall–Kier alpha value is -2.16. The average molecular weight is 267 g/mol. The van der Waals surface area contributed by atoms with E-state index in [2.05, 4.69) is 41.7 Å². The lowest BCUT2D eigenvalue weighted by molar-refractivity contribution is 0.297. The molecule has 4 rings (SSSR count). The molecule has 0 radical (unpaired) electrons. The molecular formula is C17H17NO2. The number of ether oxygens (including phenoxy) is 2. The molecule has 0 aliphatic carbocycles. The number of anilines is 1. The minimum atomic E-state index is 0.392. The molecule has 0 aromatic heterocycles. The van der Waals surface area contributed by atoms with Crippen molar-refractivity contribution in [2.24, 2.45) is 0 Å². The van der Waals surface area contributed by atoms with Crippen LogP contribution in [-0.2, 0) is 0 Å². The van der Waals surface area contributed by atoms with Gasteiger partial charge in [-0.2, -0.15) is 0 Å². The zero-order valence-corrected chi connectivity index (χ0v) is 11.3. The molecule has 1 unspecified atom stereocenters. The Labute approximate surface area is 118 Å². The lowest BCUT2D eigenvalue weighted by Gasteiger charge is -2.14. The number of hydrogen-bond acceptors (Lipinski definition) is 3. The maximum absolute atomic E-state index is 5.79. The van der Waals surface area contributed by atoms with Crippen molar-refractivity contribution in [1.82, 2.24) is 0 Å². The average Bonchev–Trinajstić information content (AvgIpc) is 2.78. The molecular weight excluding hydrogens is 250 g/mol. The smallest absolute Gasteiger partial charge is 0.161 e. The first-order valence-electron chi connectivity index (χ1n) is 7.14. The van der Waals surface area contributed by atoms with Gasteiger partial charge in [-0.15, -0.1) is 0 Å². The van der Waals surface area contributed by atoms with Crippen molar-refractivity contribution in [3.63, 3.8) is 0 Å². The summed E-state index contributed by atoms with van der Waals surface area (Å²) in [4.78, 5) is 0. The molecule has 2 aromatic carbocycles. The summed E-state index contributed by atoms with van der Waals surface area (Å²) in [6, 6.07) is 14.8. The number of nitrogens with one attached hydrogen (secondary N) is 1. The van der Waals surface area contributed by atoms with E-state index in [1.54, 1.807) is 0 Å². The summed E-state index contributed by atoms with van der Waals surface area (Å²) in [5, 5.41) is 3.47. The van der Waals surface area contributed by atoms with Gasteiger partial charge in [0.25, 0.3) is 0 Å². The van der Waals surface area contributed by atoms with Crippen LogP contribution in [-0.4, -0.2) is 19.8 Å². The third-order valence-corrected chi connectivity index (χ3v) is 4.01. The van der Waals surface area contributed by atoms with Crippen LogP contribution in [0.5, 0.6) is 11.5 Å². The molecule has 0 fully saturated rings. The quantitative estimate of drug-likeness (QED) is 0.859. The van der Waals surface area contributed by atoms with Gasteiger partial charge in [0, 0.05) is 24.6 Å². The maximum atomic E-state index is 5.79. The van der Waals surface area contributed by atoms with Crippen LogP contribution in [0, 0.1) is 0 Å². The summed E-state index contributed by atoms with van der Waals surface area (Å²) >= 11 is 0. The summed E-state index contributed by atoms with van der Waals surface area (Å²) in [5.41, 5.74) is 3.89. The number of fused-ring (bicyclic) bond motifs is 2. The molecule has 20 heavy (non-hydrogen) atoms. The fourth-order valence-electron chi connectivity index (χ4n) is 2.98. The highest BCUT2D eigenvalue weighted by molar-refractivity contribution is 5.61. The lowest BCUT2D eigenvalue weighted by Crippen LogP contribution is -2.04. The van der Waals surface area contributed by atoms with Gasteiger partial charge in [-0.1, -0.05) is 24.3 Å². The molecule has 0 saturated carbocycles. The summed E-state index contributed by atoms with van der Waals surface area (Å²) in [5.74, 6) is 2.14. The van der Waals surface area contributed by atoms with Crippen molar-refractivity contribution in [3.8, 4) is 11.5 Å². The topological polar surface area (TPSA) is 30.5 Å². The van der Waals surface area contributed by atoms with Crippen LogP contribution in [0.2, 0.25) is 0 Å². The first-order chi connectivity index (χ1) is 9.92. The Morgan fingerprint density at radius 3 is 2.75 bits per heavy atom. The number of hydrogen-bond donors (Lipinski definition) is 1. The van der Waals surface area contributed by atoms with Crippen molar-refractivity contribution in [1.29, 1.82) is 0 Å². The Kier molecular flexibility index (Phi) is 2.76. The highest BCUT2D eigenvalue weighted by Gasteiger charge is 2.24. The van der Waals surface area contributed by atoms with Crippen molar-refractivity contribution in [3.05, 3.63) is 53.6 Å². The molecule has 3 heteroatoms. The molecule has 2 aliphatic heterocycles. The van der Waals surface area contributed by atoms with Gasteiger partial charge in [-0.3, -0.25) is 0 Å². The van der Waals surface area contributed by atoms with E-state index in [9.17, 15) is 0 Å². The minimum absolute atomic E-state index is 0.392. The van der Waals surface area contributed by atoms with Gasteiger partial charge >= 0.3 is 0 Å². The summed E-state index contributed by atoms with van der Waals surface area (Å²) in [7, 11) is 0. The van der Waals surface area contributed by atoms with Crippen LogP contribution in [0.25, 0.3) is 0 Å². The van der Waals surface area contributed by atoms with Gasteiger partial charge in [0.15, 0.2) is 11.5 Å². The van der Waals surface area contributed by atoms with Crippen LogP contribution >= 0.6 is 0 Å². The second-order valence-electron chi connectivity index (χ2n) is 5.28. The van der Waals surface area contributed by atoms with Crippen LogP contribution in [0.3, 0.4) is 0 Å². The Balaban J connectivity index is 1.72. The molecule has 2 aliphatic rings. The second-order valence-corrected chi connectivity index (χ2v) is 5.28. The summed E-state index contributed by atoms with van der Waals surface area (Å²) in [6.45, 7) is 2.41. The molecule has 2 aromatic rings. The molecule has 3 nitrogen and oxygen atoms in total. The highest BCUT2D eigenvalue weighted by atomic mass is 16.5. The highest BCUT2D eigenvalue weighted by Crippen LogP contribution is 2.39. The molecule has 1 N–H and O–H groups in total. The van der Waals surface area contributed by atoms with Crippen molar-refractivity contribution >= 4 is 5.69 Å². The van der Waals surface area contributed by atoms with E-state index in [4.69, 9.17) is 9.47 Å². The van der Waals surface area contributed by atoms with Gasteiger partial charge in [-0.05, 0) is 29.3 Å². The largest absolute Gasteiger partial charge is 0.490 e. The van der Waals surface area contributed by atoms with Crippen molar-refractivity contribution in [2.75, 3.05) is 25.1 Å². The third-order valence-electron chi connectivity index (χ3n) is 4.01. The Morgan fingerprint density at radius 1 is 0.950 bits per heavy atom. The van der Waals surface area contributed by atoms with Crippen LogP contribution in [0.15, 0.2) is 42.5 Å². The Bertz CT molecular complexity index is 639. The number of rotatable bonds is 1. The van der Waals surface area contributed by atoms with Gasteiger partial charge < -0.3 is 14.8 Å². The molecule has 0 bridgehead atoms. The predicted octanol–water partition coefficient (Wildman–Crippen LogP) is 3.41. The maximum Gasteiger partial charge on any atom is 0.161 e. The van der Waals surface area contributed by atoms with Crippen LogP contribution in [0.4, 0.5) is 5.69 Å². The van der Waals surface area contributed by atoms with E-state index in [1.165, 1.54) is 16.8 Å². The summed E-state index contributed by atoms with van der Waals surface area (Å²) in [6.07, 6.45) is 0.942. The fourth-order valence-corrected chi connectivity index (χ4v) is 2.98. The van der Waals surface area contributed by atoms with Gasteiger partial charge in [0.05, 0.1) is 13.2 Å². The Morgan fingerprint density at radius 2 is 1.80 bits per heavy atom. The van der Waals surface area contributed by atoms with Gasteiger partial charge in [0.2, 0.25) is 0 Å². The van der Waals surface area contributed by atoms with E-state index in [-0.39, 0.29) is 0 Å². The van der Waals surface area contributed by atoms with Gasteiger partial charge in [0.1, 0.15) is 0 Å². The molecule has 0 spiro atoms. The normalized spacial score (nSPS) is 19.9.